The lowest BCUT2D eigenvalue weighted by atomic mass is 10.2. The molecule has 2 rings (SSSR count). The monoisotopic (exact) mass is 264 g/mol. The SMILES string of the molecule is OC(Cc1cn2cc(Cl)ccc2n1)C(F)(F)F. The molecule has 0 bridgehead atoms. The standard InChI is InChI=1S/C10H8ClF3N2O/c11-6-1-2-9-15-7(5-16(9)4-6)3-8(17)10(12,13)14/h1-2,4-5,8,17H,3H2. The fourth-order valence-corrected chi connectivity index (χ4v) is 1.60. The second kappa shape index (κ2) is 4.19. The Hall–Kier alpha value is -1.27. The van der Waals surface area contributed by atoms with Crippen LogP contribution in [0.4, 0.5) is 13.2 Å². The van der Waals surface area contributed by atoms with E-state index < -0.39 is 18.7 Å². The molecule has 0 aliphatic heterocycles. The van der Waals surface area contributed by atoms with Crippen molar-refractivity contribution in [3.05, 3.63) is 35.2 Å². The lowest BCUT2D eigenvalue weighted by Gasteiger charge is -2.12. The Morgan fingerprint density at radius 3 is 2.71 bits per heavy atom. The summed E-state index contributed by atoms with van der Waals surface area (Å²) >= 11 is 5.73. The molecule has 2 aromatic rings. The first kappa shape index (κ1) is 12.2. The van der Waals surface area contributed by atoms with E-state index in [4.69, 9.17) is 16.7 Å². The first-order valence-corrected chi connectivity index (χ1v) is 5.12. The maximum Gasteiger partial charge on any atom is 0.414 e. The smallest absolute Gasteiger partial charge is 0.383 e. The Balaban J connectivity index is 2.25. The molecule has 0 aliphatic rings. The molecule has 0 amide bonds. The van der Waals surface area contributed by atoms with Crippen LogP contribution in [0.2, 0.25) is 5.02 Å². The molecule has 7 heteroatoms. The molecule has 17 heavy (non-hydrogen) atoms. The lowest BCUT2D eigenvalue weighted by molar-refractivity contribution is -0.203. The van der Waals surface area contributed by atoms with Gasteiger partial charge in [-0.25, -0.2) is 4.98 Å². The molecule has 0 spiro atoms. The number of hydrogen-bond acceptors (Lipinski definition) is 2. The highest BCUT2D eigenvalue weighted by Gasteiger charge is 2.38. The van der Waals surface area contributed by atoms with Gasteiger partial charge in [0.2, 0.25) is 0 Å². The van der Waals surface area contributed by atoms with E-state index in [1.165, 1.54) is 16.8 Å². The zero-order valence-corrected chi connectivity index (χ0v) is 9.20. The number of aliphatic hydroxyl groups excluding tert-OH is 1. The fourth-order valence-electron chi connectivity index (χ4n) is 1.43. The van der Waals surface area contributed by atoms with Crippen LogP contribution in [0.25, 0.3) is 5.65 Å². The Morgan fingerprint density at radius 2 is 2.06 bits per heavy atom. The molecule has 0 radical (unpaired) electrons. The third-order valence-corrected chi connectivity index (χ3v) is 2.47. The molecular weight excluding hydrogens is 257 g/mol. The van der Waals surface area contributed by atoms with Crippen molar-refractivity contribution < 1.29 is 18.3 Å². The maximum absolute atomic E-state index is 12.1. The quantitative estimate of drug-likeness (QED) is 0.905. The van der Waals surface area contributed by atoms with Gasteiger partial charge in [0, 0.05) is 18.8 Å². The first-order valence-electron chi connectivity index (χ1n) is 4.74. The predicted molar refractivity (Wildman–Crippen MR) is 56.0 cm³/mol. The van der Waals surface area contributed by atoms with Crippen LogP contribution in [0.1, 0.15) is 5.69 Å². The van der Waals surface area contributed by atoms with Gasteiger partial charge in [-0.1, -0.05) is 11.6 Å². The summed E-state index contributed by atoms with van der Waals surface area (Å²) in [6.07, 6.45) is -4.65. The van der Waals surface area contributed by atoms with Crippen LogP contribution in [0.3, 0.4) is 0 Å². The molecule has 0 aliphatic carbocycles. The van der Waals surface area contributed by atoms with E-state index in [0.717, 1.165) is 0 Å². The van der Waals surface area contributed by atoms with Crippen molar-refractivity contribution in [1.82, 2.24) is 9.38 Å². The molecule has 92 valence electrons. The maximum atomic E-state index is 12.1. The van der Waals surface area contributed by atoms with Crippen molar-refractivity contribution in [2.24, 2.45) is 0 Å². The lowest BCUT2D eigenvalue weighted by Crippen LogP contribution is -2.30. The summed E-state index contributed by atoms with van der Waals surface area (Å²) in [6, 6.07) is 3.18. The number of alkyl halides is 3. The molecule has 3 nitrogen and oxygen atoms in total. The highest BCUT2D eigenvalue weighted by Crippen LogP contribution is 2.23. The number of fused-ring (bicyclic) bond motifs is 1. The number of halogens is 4. The van der Waals surface area contributed by atoms with Crippen molar-refractivity contribution >= 4 is 17.2 Å². The third kappa shape index (κ3) is 2.70. The highest BCUT2D eigenvalue weighted by molar-refractivity contribution is 6.30. The summed E-state index contributed by atoms with van der Waals surface area (Å²) in [5.74, 6) is 0. The fraction of sp³-hybridized carbons (Fsp3) is 0.300. The van der Waals surface area contributed by atoms with Gasteiger partial charge in [0.15, 0.2) is 6.10 Å². The van der Waals surface area contributed by atoms with Crippen LogP contribution >= 0.6 is 11.6 Å². The predicted octanol–water partition coefficient (Wildman–Crippen LogP) is 2.45. The highest BCUT2D eigenvalue weighted by atomic mass is 35.5. The summed E-state index contributed by atoms with van der Waals surface area (Å²) in [5.41, 5.74) is 0.649. The molecule has 0 fully saturated rings. The van der Waals surface area contributed by atoms with E-state index in [0.29, 0.717) is 10.7 Å². The van der Waals surface area contributed by atoms with Crippen molar-refractivity contribution in [1.29, 1.82) is 0 Å². The van der Waals surface area contributed by atoms with E-state index >= 15 is 0 Å². The molecule has 0 aromatic carbocycles. The van der Waals surface area contributed by atoms with Gasteiger partial charge in [0.05, 0.1) is 10.7 Å². The summed E-state index contributed by atoms with van der Waals surface area (Å²) in [7, 11) is 0. The second-order valence-electron chi connectivity index (χ2n) is 3.61. The zero-order valence-electron chi connectivity index (χ0n) is 8.45. The summed E-state index contributed by atoms with van der Waals surface area (Å²) < 4.78 is 38.0. The van der Waals surface area contributed by atoms with Crippen molar-refractivity contribution in [2.45, 2.75) is 18.7 Å². The van der Waals surface area contributed by atoms with Gasteiger partial charge in [-0.15, -0.1) is 0 Å². The zero-order chi connectivity index (χ0) is 12.6. The Bertz CT molecular complexity index is 538. The normalized spacial score (nSPS) is 14.2. The molecule has 2 aromatic heterocycles. The minimum atomic E-state index is -4.63. The average molecular weight is 265 g/mol. The van der Waals surface area contributed by atoms with Crippen molar-refractivity contribution in [3.8, 4) is 0 Å². The minimum Gasteiger partial charge on any atom is -0.383 e. The molecule has 1 unspecified atom stereocenters. The van der Waals surface area contributed by atoms with Gasteiger partial charge in [-0.3, -0.25) is 0 Å². The van der Waals surface area contributed by atoms with Crippen molar-refractivity contribution in [2.75, 3.05) is 0 Å². The number of aliphatic hydroxyl groups is 1. The number of imidazole rings is 1. The average Bonchev–Trinajstić information content (AvgIpc) is 2.57. The molecule has 1 N–H and O–H groups in total. The van der Waals surface area contributed by atoms with Gasteiger partial charge in [-0.2, -0.15) is 13.2 Å². The summed E-state index contributed by atoms with van der Waals surface area (Å²) in [5, 5.41) is 9.37. The second-order valence-corrected chi connectivity index (χ2v) is 4.04. The van der Waals surface area contributed by atoms with E-state index in [9.17, 15) is 13.2 Å². The van der Waals surface area contributed by atoms with E-state index in [-0.39, 0.29) is 5.69 Å². The summed E-state index contributed by atoms with van der Waals surface area (Å²) in [6.45, 7) is 0. The van der Waals surface area contributed by atoms with Crippen molar-refractivity contribution in [3.63, 3.8) is 0 Å². The molecule has 1 atom stereocenters. The minimum absolute atomic E-state index is 0.164. The summed E-state index contributed by atoms with van der Waals surface area (Å²) in [4.78, 5) is 3.95. The molecule has 0 saturated carbocycles. The van der Waals surface area contributed by atoms with Crippen LogP contribution in [-0.4, -0.2) is 26.8 Å². The topological polar surface area (TPSA) is 37.5 Å². The third-order valence-electron chi connectivity index (χ3n) is 2.25. The molecular formula is C10H8ClF3N2O. The van der Waals surface area contributed by atoms with Crippen LogP contribution in [0, 0.1) is 0 Å². The Morgan fingerprint density at radius 1 is 1.35 bits per heavy atom. The number of hydrogen-bond donors (Lipinski definition) is 1. The number of pyridine rings is 1. The number of aromatic nitrogens is 2. The van der Waals surface area contributed by atoms with Gasteiger partial charge in [0.1, 0.15) is 5.65 Å². The molecule has 0 saturated heterocycles. The van der Waals surface area contributed by atoms with Crippen LogP contribution in [-0.2, 0) is 6.42 Å². The van der Waals surface area contributed by atoms with Crippen LogP contribution in [0.15, 0.2) is 24.5 Å². The van der Waals surface area contributed by atoms with Gasteiger partial charge >= 0.3 is 6.18 Å². The van der Waals surface area contributed by atoms with Crippen LogP contribution < -0.4 is 0 Å². The number of nitrogens with zero attached hydrogens (tertiary/aromatic N) is 2. The van der Waals surface area contributed by atoms with E-state index in [1.54, 1.807) is 12.1 Å². The van der Waals surface area contributed by atoms with Gasteiger partial charge < -0.3 is 9.51 Å². The van der Waals surface area contributed by atoms with Gasteiger partial charge in [-0.05, 0) is 12.1 Å². The Kier molecular flexibility index (Phi) is 3.01. The van der Waals surface area contributed by atoms with Gasteiger partial charge in [0.25, 0.3) is 0 Å². The Labute approximate surface area is 99.5 Å². The molecule has 2 heterocycles. The van der Waals surface area contributed by atoms with E-state index in [2.05, 4.69) is 4.98 Å². The number of rotatable bonds is 2. The van der Waals surface area contributed by atoms with Crippen LogP contribution in [0.5, 0.6) is 0 Å². The first-order chi connectivity index (χ1) is 7.86. The largest absolute Gasteiger partial charge is 0.414 e. The van der Waals surface area contributed by atoms with E-state index in [1.807, 2.05) is 0 Å².